The van der Waals surface area contributed by atoms with E-state index >= 15 is 0 Å². The molecule has 2 heterocycles. The predicted molar refractivity (Wildman–Crippen MR) is 90.9 cm³/mol. The van der Waals surface area contributed by atoms with E-state index in [0.717, 1.165) is 11.1 Å². The predicted octanol–water partition coefficient (Wildman–Crippen LogP) is 2.77. The van der Waals surface area contributed by atoms with Crippen LogP contribution in [0.4, 0.5) is 9.18 Å². The number of nitrogens with zero attached hydrogens (tertiary/aromatic N) is 2. The Morgan fingerprint density at radius 2 is 2.08 bits per heavy atom. The summed E-state index contributed by atoms with van der Waals surface area (Å²) in [6.45, 7) is -0.0733. The average molecular weight is 362 g/mol. The van der Waals surface area contributed by atoms with Crippen LogP contribution in [0.5, 0.6) is 5.75 Å². The van der Waals surface area contributed by atoms with Crippen LogP contribution in [0.3, 0.4) is 0 Å². The summed E-state index contributed by atoms with van der Waals surface area (Å²) >= 11 is 0. The maximum absolute atomic E-state index is 14.3. The van der Waals surface area contributed by atoms with Crippen LogP contribution in [-0.2, 0) is 11.2 Å². The second kappa shape index (κ2) is 6.78. The van der Waals surface area contributed by atoms with Gasteiger partial charge < -0.3 is 19.8 Å². The van der Waals surface area contributed by atoms with E-state index in [1.54, 1.807) is 18.2 Å². The number of aromatic nitrogens is 1. The van der Waals surface area contributed by atoms with Gasteiger partial charge in [-0.15, -0.1) is 0 Å². The summed E-state index contributed by atoms with van der Waals surface area (Å²) in [4.78, 5) is 27.6. The fourth-order valence-electron chi connectivity index (χ4n) is 3.41. The molecule has 1 amide bonds. The summed E-state index contributed by atoms with van der Waals surface area (Å²) in [7, 11) is 1.52. The van der Waals surface area contributed by atoms with E-state index in [0.29, 0.717) is 35.1 Å². The van der Waals surface area contributed by atoms with Crippen LogP contribution >= 0.6 is 0 Å². The molecule has 1 saturated heterocycles. The highest BCUT2D eigenvalue weighted by Crippen LogP contribution is 2.36. The first kappa shape index (κ1) is 17.9. The number of aryl methyl sites for hydroxylation is 1. The van der Waals surface area contributed by atoms with Crippen LogP contribution < -0.4 is 4.74 Å². The Morgan fingerprint density at radius 3 is 2.69 bits per heavy atom. The molecule has 0 atom stereocenters. The highest BCUT2D eigenvalue weighted by molar-refractivity contribution is 5.84. The Balaban J connectivity index is 1.76. The van der Waals surface area contributed by atoms with Gasteiger partial charge in [-0.1, -0.05) is 0 Å². The Morgan fingerprint density at radius 1 is 1.35 bits per heavy atom. The molecule has 0 saturated carbocycles. The molecule has 138 valence electrons. The number of likely N-dealkylation sites (tertiary alicyclic amines) is 1. The van der Waals surface area contributed by atoms with Gasteiger partial charge in [0.2, 0.25) is 0 Å². The number of halogens is 1. The first-order valence-corrected chi connectivity index (χ1v) is 8.19. The molecule has 1 aliphatic rings. The number of carboxylic acids is 1. The number of aliphatic carboxylic acids is 1. The Hall–Kier alpha value is -2.90. The molecule has 8 heteroatoms. The van der Waals surface area contributed by atoms with E-state index in [1.807, 2.05) is 0 Å². The van der Waals surface area contributed by atoms with Gasteiger partial charge in [0.25, 0.3) is 0 Å². The molecule has 2 N–H and O–H groups in total. The zero-order valence-corrected chi connectivity index (χ0v) is 14.2. The van der Waals surface area contributed by atoms with E-state index < -0.39 is 23.3 Å². The van der Waals surface area contributed by atoms with E-state index in [2.05, 4.69) is 4.98 Å². The Kier molecular flexibility index (Phi) is 4.67. The summed E-state index contributed by atoms with van der Waals surface area (Å²) in [6.07, 6.45) is 1.07. The van der Waals surface area contributed by atoms with Crippen molar-refractivity contribution in [3.05, 3.63) is 35.8 Å². The van der Waals surface area contributed by atoms with Gasteiger partial charge in [0.15, 0.2) is 0 Å². The van der Waals surface area contributed by atoms with Gasteiger partial charge in [-0.05, 0) is 43.0 Å². The summed E-state index contributed by atoms with van der Waals surface area (Å²) in [5, 5.41) is 19.0. The van der Waals surface area contributed by atoms with Crippen molar-refractivity contribution >= 4 is 23.0 Å². The molecular weight excluding hydrogens is 343 g/mol. The Bertz CT molecular complexity index is 864. The lowest BCUT2D eigenvalue weighted by molar-refractivity contribution is -0.159. The van der Waals surface area contributed by atoms with Crippen LogP contribution in [-0.4, -0.2) is 52.4 Å². The minimum atomic E-state index is -1.12. The van der Waals surface area contributed by atoms with Crippen molar-refractivity contribution in [1.29, 1.82) is 0 Å². The quantitative estimate of drug-likeness (QED) is 0.820. The van der Waals surface area contributed by atoms with Crippen molar-refractivity contribution in [2.45, 2.75) is 19.3 Å². The van der Waals surface area contributed by atoms with Gasteiger partial charge in [0.05, 0.1) is 18.8 Å². The zero-order valence-electron chi connectivity index (χ0n) is 14.2. The minimum absolute atomic E-state index is 0.0366. The van der Waals surface area contributed by atoms with E-state index in [9.17, 15) is 19.1 Å². The van der Waals surface area contributed by atoms with Gasteiger partial charge in [0.1, 0.15) is 17.0 Å². The zero-order chi connectivity index (χ0) is 18.9. The van der Waals surface area contributed by atoms with Gasteiger partial charge in [0, 0.05) is 18.5 Å². The van der Waals surface area contributed by atoms with Crippen molar-refractivity contribution in [1.82, 2.24) is 9.88 Å². The van der Waals surface area contributed by atoms with Crippen LogP contribution in [0.2, 0.25) is 0 Å². The summed E-state index contributed by atoms with van der Waals surface area (Å²) in [6, 6.07) is 5.20. The lowest BCUT2D eigenvalue weighted by Crippen LogP contribution is -2.61. The number of rotatable bonds is 6. The van der Waals surface area contributed by atoms with Crippen LogP contribution in [0.25, 0.3) is 10.9 Å². The first-order chi connectivity index (χ1) is 12.4. The van der Waals surface area contributed by atoms with Crippen LogP contribution in [0.15, 0.2) is 24.4 Å². The summed E-state index contributed by atoms with van der Waals surface area (Å²) in [5.74, 6) is -0.878. The molecule has 0 aliphatic carbocycles. The third kappa shape index (κ3) is 3.14. The number of fused-ring (bicyclic) bond motifs is 1. The Labute approximate surface area is 149 Å². The smallest absolute Gasteiger partial charge is 0.407 e. The molecule has 0 spiro atoms. The molecule has 7 nitrogen and oxygen atoms in total. The fraction of sp³-hybridized carbons (Fsp3) is 0.389. The minimum Gasteiger partial charge on any atom is -0.497 e. The molecule has 0 radical (unpaired) electrons. The number of carboxylic acid groups (broad SMARTS) is 2. The number of amides is 1. The van der Waals surface area contributed by atoms with E-state index in [4.69, 9.17) is 9.84 Å². The van der Waals surface area contributed by atoms with Gasteiger partial charge in [-0.2, -0.15) is 0 Å². The van der Waals surface area contributed by atoms with Crippen molar-refractivity contribution in [3.8, 4) is 5.75 Å². The molecule has 1 fully saturated rings. The second-order valence-electron chi connectivity index (χ2n) is 6.55. The lowest BCUT2D eigenvalue weighted by Gasteiger charge is -2.45. The maximum Gasteiger partial charge on any atom is 0.407 e. The van der Waals surface area contributed by atoms with E-state index in [-0.39, 0.29) is 19.5 Å². The molecule has 0 unspecified atom stereocenters. The lowest BCUT2D eigenvalue weighted by atomic mass is 9.75. The van der Waals surface area contributed by atoms with E-state index in [1.165, 1.54) is 7.11 Å². The number of pyridine rings is 1. The number of carbonyl (C=O) groups is 2. The van der Waals surface area contributed by atoms with Gasteiger partial charge >= 0.3 is 12.1 Å². The third-order valence-corrected chi connectivity index (χ3v) is 4.93. The second-order valence-corrected chi connectivity index (χ2v) is 6.55. The van der Waals surface area contributed by atoms with Crippen molar-refractivity contribution in [3.63, 3.8) is 0 Å². The van der Waals surface area contributed by atoms with Gasteiger partial charge in [-0.3, -0.25) is 9.78 Å². The molecule has 0 bridgehead atoms. The summed E-state index contributed by atoms with van der Waals surface area (Å²) in [5.41, 5.74) is 0.00904. The monoisotopic (exact) mass is 362 g/mol. The SMILES string of the molecule is COc1ccc2ncc(F)c(CCCC3(C(=O)O)CN(C(=O)O)C3)c2c1. The number of ether oxygens (including phenoxy) is 1. The molecule has 26 heavy (non-hydrogen) atoms. The maximum atomic E-state index is 14.3. The first-order valence-electron chi connectivity index (χ1n) is 8.19. The van der Waals surface area contributed by atoms with Crippen LogP contribution in [0.1, 0.15) is 18.4 Å². The standard InChI is InChI=1S/C18H19FN2O5/c1-26-11-4-5-15-13(7-11)12(14(19)8-20-15)3-2-6-18(16(22)23)9-21(10-18)17(24)25/h4-5,7-8H,2-3,6,9-10H2,1H3,(H,22,23)(H,24,25). The summed E-state index contributed by atoms with van der Waals surface area (Å²) < 4.78 is 19.5. The van der Waals surface area contributed by atoms with Crippen LogP contribution in [0, 0.1) is 11.2 Å². The highest BCUT2D eigenvalue weighted by Gasteiger charge is 2.50. The van der Waals surface area contributed by atoms with Crippen molar-refractivity contribution in [2.24, 2.45) is 5.41 Å². The largest absolute Gasteiger partial charge is 0.497 e. The number of hydrogen-bond acceptors (Lipinski definition) is 4. The molecule has 1 aliphatic heterocycles. The number of benzene rings is 1. The molecule has 3 rings (SSSR count). The molecule has 1 aromatic carbocycles. The number of methoxy groups -OCH3 is 1. The molecule has 1 aromatic heterocycles. The molecular formula is C18H19FN2O5. The normalized spacial score (nSPS) is 15.5. The van der Waals surface area contributed by atoms with Crippen molar-refractivity contribution < 1.29 is 28.9 Å². The van der Waals surface area contributed by atoms with Gasteiger partial charge in [-0.25, -0.2) is 9.18 Å². The topological polar surface area (TPSA) is 100.0 Å². The van der Waals surface area contributed by atoms with Crippen molar-refractivity contribution in [2.75, 3.05) is 20.2 Å². The third-order valence-electron chi connectivity index (χ3n) is 4.93. The number of hydrogen-bond donors (Lipinski definition) is 2. The highest BCUT2D eigenvalue weighted by atomic mass is 19.1. The average Bonchev–Trinajstić information content (AvgIpc) is 2.57. The fourth-order valence-corrected chi connectivity index (χ4v) is 3.41. The molecule has 2 aromatic rings.